The Labute approximate surface area is 207 Å². The van der Waals surface area contributed by atoms with Gasteiger partial charge in [-0.2, -0.15) is 0 Å². The molecule has 0 bridgehead atoms. The predicted molar refractivity (Wildman–Crippen MR) is 137 cm³/mol. The predicted octanol–water partition coefficient (Wildman–Crippen LogP) is 4.84. The van der Waals surface area contributed by atoms with Crippen molar-refractivity contribution in [2.45, 2.75) is 5.16 Å². The van der Waals surface area contributed by atoms with Crippen LogP contribution in [0, 0.1) is 5.82 Å². The molecule has 1 N–H and O–H groups in total. The number of thioether (sulfide) groups is 1. The molecule has 0 aliphatic carbocycles. The van der Waals surface area contributed by atoms with Crippen molar-refractivity contribution in [2.75, 3.05) is 48.7 Å². The fraction of sp³-hybridized carbons (Fsp3) is 0.240. The Balaban J connectivity index is 1.28. The van der Waals surface area contributed by atoms with Gasteiger partial charge in [0.25, 0.3) is 0 Å². The summed E-state index contributed by atoms with van der Waals surface area (Å²) in [7, 11) is 0. The molecule has 9 heteroatoms. The molecule has 1 saturated heterocycles. The molecule has 2 aromatic carbocycles. The summed E-state index contributed by atoms with van der Waals surface area (Å²) < 4.78 is 13.7. The van der Waals surface area contributed by atoms with Crippen LogP contribution in [-0.4, -0.2) is 59.3 Å². The Morgan fingerprint density at radius 1 is 1.06 bits per heavy atom. The summed E-state index contributed by atoms with van der Waals surface area (Å²) in [6, 6.07) is 18.1. The molecule has 1 aromatic heterocycles. The molecule has 3 aromatic rings. The van der Waals surface area contributed by atoms with Crippen LogP contribution in [0.3, 0.4) is 0 Å². The Morgan fingerprint density at radius 3 is 2.56 bits per heavy atom. The fourth-order valence-corrected chi connectivity index (χ4v) is 4.43. The number of nitrogens with zero attached hydrogens (tertiary/aromatic N) is 4. The highest BCUT2D eigenvalue weighted by atomic mass is 35.5. The average molecular weight is 498 g/mol. The summed E-state index contributed by atoms with van der Waals surface area (Å²) in [5.74, 6) is -0.0129. The van der Waals surface area contributed by atoms with E-state index in [2.05, 4.69) is 49.4 Å². The van der Waals surface area contributed by atoms with Crippen LogP contribution in [0.1, 0.15) is 5.56 Å². The van der Waals surface area contributed by atoms with Gasteiger partial charge in [-0.25, -0.2) is 14.4 Å². The van der Waals surface area contributed by atoms with Gasteiger partial charge >= 0.3 is 0 Å². The first kappa shape index (κ1) is 24.2. The zero-order chi connectivity index (χ0) is 23.8. The molecule has 1 fully saturated rings. The number of halogens is 2. The van der Waals surface area contributed by atoms with Crippen LogP contribution in [0.2, 0.25) is 5.15 Å². The molecule has 176 valence electrons. The quantitative estimate of drug-likeness (QED) is 0.273. The molecule has 0 radical (unpaired) electrons. The SMILES string of the molecule is O=C(CSc1nc(Cl)cc(N2CCN(C/C=C/c3ccccc3)CC2)n1)Nc1ccccc1F. The van der Waals surface area contributed by atoms with Crippen LogP contribution >= 0.6 is 23.4 Å². The zero-order valence-electron chi connectivity index (χ0n) is 18.5. The lowest BCUT2D eigenvalue weighted by Crippen LogP contribution is -2.46. The molecule has 6 nitrogen and oxygen atoms in total. The van der Waals surface area contributed by atoms with Crippen LogP contribution in [0.25, 0.3) is 6.08 Å². The van der Waals surface area contributed by atoms with Gasteiger partial charge in [-0.3, -0.25) is 9.69 Å². The van der Waals surface area contributed by atoms with Crippen LogP contribution in [0.4, 0.5) is 15.9 Å². The van der Waals surface area contributed by atoms with Gasteiger partial charge in [0.05, 0.1) is 11.4 Å². The minimum atomic E-state index is -0.475. The van der Waals surface area contributed by atoms with E-state index >= 15 is 0 Å². The molecule has 0 unspecified atom stereocenters. The minimum absolute atomic E-state index is 0.0512. The maximum atomic E-state index is 13.7. The Hall–Kier alpha value is -2.94. The average Bonchev–Trinajstić information content (AvgIpc) is 2.85. The van der Waals surface area contributed by atoms with Crippen molar-refractivity contribution in [3.63, 3.8) is 0 Å². The number of amides is 1. The molecule has 0 atom stereocenters. The van der Waals surface area contributed by atoms with Gasteiger partial charge in [0.15, 0.2) is 5.16 Å². The smallest absolute Gasteiger partial charge is 0.234 e. The van der Waals surface area contributed by atoms with E-state index in [1.807, 2.05) is 18.2 Å². The second-order valence-electron chi connectivity index (χ2n) is 7.75. The summed E-state index contributed by atoms with van der Waals surface area (Å²) in [5, 5.41) is 3.31. The Kier molecular flexibility index (Phi) is 8.51. The van der Waals surface area contributed by atoms with Crippen molar-refractivity contribution >= 4 is 46.9 Å². The van der Waals surface area contributed by atoms with E-state index < -0.39 is 5.82 Å². The number of hydrogen-bond acceptors (Lipinski definition) is 6. The third kappa shape index (κ3) is 7.03. The van der Waals surface area contributed by atoms with Crippen molar-refractivity contribution < 1.29 is 9.18 Å². The molecule has 1 aliphatic heterocycles. The summed E-state index contributed by atoms with van der Waals surface area (Å²) in [5.41, 5.74) is 1.35. The highest BCUT2D eigenvalue weighted by Crippen LogP contribution is 2.23. The summed E-state index contributed by atoms with van der Waals surface area (Å²) >= 11 is 7.40. The number of carbonyl (C=O) groups excluding carboxylic acids is 1. The van der Waals surface area contributed by atoms with E-state index in [0.717, 1.165) is 38.5 Å². The van der Waals surface area contributed by atoms with Gasteiger partial charge in [0, 0.05) is 38.8 Å². The molecule has 0 saturated carbocycles. The second kappa shape index (κ2) is 12.0. The van der Waals surface area contributed by atoms with Crippen LogP contribution in [0.5, 0.6) is 0 Å². The lowest BCUT2D eigenvalue weighted by Gasteiger charge is -2.35. The van der Waals surface area contributed by atoms with E-state index in [0.29, 0.717) is 10.3 Å². The lowest BCUT2D eigenvalue weighted by molar-refractivity contribution is -0.113. The largest absolute Gasteiger partial charge is 0.354 e. The standard InChI is InChI=1S/C25H25ClFN5OS/c26-22-17-23(30-25(29-22)34-18-24(33)28-21-11-5-4-10-20(21)27)32-15-13-31(14-16-32)12-6-9-19-7-2-1-3-8-19/h1-11,17H,12-16,18H2,(H,28,33)/b9-6+. The van der Waals surface area contributed by atoms with E-state index in [-0.39, 0.29) is 17.3 Å². The van der Waals surface area contributed by atoms with Gasteiger partial charge in [-0.1, -0.05) is 78.0 Å². The van der Waals surface area contributed by atoms with Crippen molar-refractivity contribution in [2.24, 2.45) is 0 Å². The number of benzene rings is 2. The molecular weight excluding hydrogens is 473 g/mol. The highest BCUT2D eigenvalue weighted by molar-refractivity contribution is 7.99. The first-order valence-corrected chi connectivity index (χ1v) is 12.3. The molecule has 4 rings (SSSR count). The molecule has 34 heavy (non-hydrogen) atoms. The van der Waals surface area contributed by atoms with E-state index in [1.54, 1.807) is 18.2 Å². The van der Waals surface area contributed by atoms with Gasteiger partial charge < -0.3 is 10.2 Å². The van der Waals surface area contributed by atoms with Crippen molar-refractivity contribution in [1.29, 1.82) is 0 Å². The van der Waals surface area contributed by atoms with Gasteiger partial charge in [0.2, 0.25) is 5.91 Å². The van der Waals surface area contributed by atoms with Gasteiger partial charge in [0.1, 0.15) is 16.8 Å². The number of aromatic nitrogens is 2. The summed E-state index contributed by atoms with van der Waals surface area (Å²) in [4.78, 5) is 25.6. The molecule has 1 aliphatic rings. The second-order valence-corrected chi connectivity index (χ2v) is 9.08. The lowest BCUT2D eigenvalue weighted by atomic mass is 10.2. The number of anilines is 2. The van der Waals surface area contributed by atoms with E-state index in [4.69, 9.17) is 11.6 Å². The van der Waals surface area contributed by atoms with Crippen molar-refractivity contribution in [1.82, 2.24) is 14.9 Å². The van der Waals surface area contributed by atoms with Crippen LogP contribution in [-0.2, 0) is 4.79 Å². The summed E-state index contributed by atoms with van der Waals surface area (Å²) in [6.07, 6.45) is 4.33. The minimum Gasteiger partial charge on any atom is -0.354 e. The van der Waals surface area contributed by atoms with Crippen LogP contribution in [0.15, 0.2) is 71.9 Å². The number of piperazine rings is 1. The topological polar surface area (TPSA) is 61.4 Å². The van der Waals surface area contributed by atoms with Gasteiger partial charge in [-0.05, 0) is 17.7 Å². The number of hydrogen-bond donors (Lipinski definition) is 1. The van der Waals surface area contributed by atoms with Crippen LogP contribution < -0.4 is 10.2 Å². The van der Waals surface area contributed by atoms with Gasteiger partial charge in [-0.15, -0.1) is 0 Å². The first-order chi connectivity index (χ1) is 16.6. The zero-order valence-corrected chi connectivity index (χ0v) is 20.1. The normalized spacial score (nSPS) is 14.5. The van der Waals surface area contributed by atoms with Crippen molar-refractivity contribution in [3.05, 3.63) is 83.3 Å². The molecule has 0 spiro atoms. The third-order valence-electron chi connectivity index (χ3n) is 5.31. The molecule has 2 heterocycles. The number of nitrogens with one attached hydrogen (secondary N) is 1. The number of rotatable bonds is 8. The summed E-state index contributed by atoms with van der Waals surface area (Å²) in [6.45, 7) is 4.36. The maximum absolute atomic E-state index is 13.7. The molecular formula is C25H25ClFN5OS. The Morgan fingerprint density at radius 2 is 1.79 bits per heavy atom. The number of carbonyl (C=O) groups is 1. The first-order valence-electron chi connectivity index (χ1n) is 11.0. The number of para-hydroxylation sites is 1. The van der Waals surface area contributed by atoms with E-state index in [1.165, 1.54) is 29.5 Å². The highest BCUT2D eigenvalue weighted by Gasteiger charge is 2.19. The fourth-order valence-electron chi connectivity index (χ4n) is 3.55. The van der Waals surface area contributed by atoms with Crippen molar-refractivity contribution in [3.8, 4) is 0 Å². The monoisotopic (exact) mass is 497 g/mol. The molecule has 1 amide bonds. The maximum Gasteiger partial charge on any atom is 0.234 e. The Bertz CT molecular complexity index is 1140. The third-order valence-corrected chi connectivity index (χ3v) is 6.35. The van der Waals surface area contributed by atoms with E-state index in [9.17, 15) is 9.18 Å².